The molecule has 1 amide bonds. The maximum atomic E-state index is 11.8. The third-order valence-electron chi connectivity index (χ3n) is 2.82. The maximum absolute atomic E-state index is 11.8. The molecule has 0 spiro atoms. The Hall–Kier alpha value is -1.13. The number of rotatable bonds is 2. The van der Waals surface area contributed by atoms with E-state index in [9.17, 15) is 4.79 Å². The summed E-state index contributed by atoms with van der Waals surface area (Å²) in [6, 6.07) is 3.55. The van der Waals surface area contributed by atoms with Gasteiger partial charge in [0.25, 0.3) is 0 Å². The minimum Gasteiger partial charge on any atom is -0.328 e. The average Bonchev–Trinajstić information content (AvgIpc) is 2.68. The molecule has 2 rings (SSSR count). The third-order valence-corrected chi connectivity index (χ3v) is 3.05. The Morgan fingerprint density at radius 2 is 2.31 bits per heavy atom. The third kappa shape index (κ3) is 2.71. The fourth-order valence-electron chi connectivity index (χ4n) is 1.93. The van der Waals surface area contributed by atoms with Crippen LogP contribution in [0.25, 0.3) is 0 Å². The Kier molecular flexibility index (Phi) is 3.41. The van der Waals surface area contributed by atoms with E-state index >= 15 is 0 Å². The quantitative estimate of drug-likeness (QED) is 0.827. The zero-order valence-electron chi connectivity index (χ0n) is 8.82. The monoisotopic (exact) mass is 239 g/mol. The molecule has 0 bridgehead atoms. The van der Waals surface area contributed by atoms with E-state index in [1.807, 2.05) is 0 Å². The molecule has 2 atom stereocenters. The van der Waals surface area contributed by atoms with Crippen LogP contribution in [0.4, 0.5) is 5.82 Å². The Morgan fingerprint density at radius 1 is 1.50 bits per heavy atom. The van der Waals surface area contributed by atoms with Crippen LogP contribution >= 0.6 is 11.6 Å². The van der Waals surface area contributed by atoms with Crippen LogP contribution in [0.3, 0.4) is 0 Å². The fourth-order valence-corrected chi connectivity index (χ4v) is 2.04. The van der Waals surface area contributed by atoms with E-state index in [1.165, 1.54) is 6.20 Å². The van der Waals surface area contributed by atoms with Gasteiger partial charge in [0.1, 0.15) is 5.82 Å². The van der Waals surface area contributed by atoms with Crippen molar-refractivity contribution in [2.75, 3.05) is 5.32 Å². The highest BCUT2D eigenvalue weighted by molar-refractivity contribution is 6.30. The summed E-state index contributed by atoms with van der Waals surface area (Å²) in [7, 11) is 0. The number of nitrogens with one attached hydrogen (secondary N) is 1. The predicted molar refractivity (Wildman–Crippen MR) is 63.2 cm³/mol. The Labute approximate surface area is 99.2 Å². The van der Waals surface area contributed by atoms with Crippen molar-refractivity contribution >= 4 is 23.3 Å². The minimum absolute atomic E-state index is 0.00257. The summed E-state index contributed by atoms with van der Waals surface area (Å²) in [5, 5.41) is 3.32. The molecule has 0 aliphatic heterocycles. The van der Waals surface area contributed by atoms with Gasteiger partial charge in [0.05, 0.1) is 5.02 Å². The molecule has 3 N–H and O–H groups in total. The van der Waals surface area contributed by atoms with Crippen LogP contribution in [0.1, 0.15) is 19.3 Å². The molecule has 2 unspecified atom stereocenters. The molecule has 4 nitrogen and oxygen atoms in total. The molecule has 0 aromatic carbocycles. The second kappa shape index (κ2) is 4.80. The highest BCUT2D eigenvalue weighted by atomic mass is 35.5. The number of amides is 1. The van der Waals surface area contributed by atoms with Crippen molar-refractivity contribution in [2.24, 2.45) is 11.7 Å². The van der Waals surface area contributed by atoms with Crippen LogP contribution in [0.15, 0.2) is 18.3 Å². The van der Waals surface area contributed by atoms with Gasteiger partial charge < -0.3 is 11.1 Å². The Balaban J connectivity index is 1.94. The first-order chi connectivity index (χ1) is 7.65. The first-order valence-corrected chi connectivity index (χ1v) is 5.71. The summed E-state index contributed by atoms with van der Waals surface area (Å²) in [5.74, 6) is 0.560. The topological polar surface area (TPSA) is 68.0 Å². The van der Waals surface area contributed by atoms with E-state index in [0.29, 0.717) is 10.8 Å². The van der Waals surface area contributed by atoms with Crippen molar-refractivity contribution in [3.63, 3.8) is 0 Å². The van der Waals surface area contributed by atoms with E-state index in [4.69, 9.17) is 17.3 Å². The maximum Gasteiger partial charge on any atom is 0.228 e. The first-order valence-electron chi connectivity index (χ1n) is 5.33. The summed E-state index contributed by atoms with van der Waals surface area (Å²) < 4.78 is 0. The Bertz CT molecular complexity index is 379. The number of hydrogen-bond acceptors (Lipinski definition) is 3. The SMILES string of the molecule is NC1CCC(C(=O)Nc2ccc(Cl)cn2)C1. The van der Waals surface area contributed by atoms with Crippen LogP contribution in [-0.2, 0) is 4.79 Å². The zero-order chi connectivity index (χ0) is 11.5. The van der Waals surface area contributed by atoms with Gasteiger partial charge in [-0.25, -0.2) is 4.98 Å². The van der Waals surface area contributed by atoms with E-state index in [2.05, 4.69) is 10.3 Å². The molecule has 86 valence electrons. The molecule has 5 heteroatoms. The summed E-state index contributed by atoms with van der Waals surface area (Å²) in [5.41, 5.74) is 5.76. The number of hydrogen-bond donors (Lipinski definition) is 2. The van der Waals surface area contributed by atoms with Crippen LogP contribution in [0.2, 0.25) is 5.02 Å². The summed E-state index contributed by atoms with van der Waals surface area (Å²) in [6.45, 7) is 0. The highest BCUT2D eigenvalue weighted by Crippen LogP contribution is 2.25. The largest absolute Gasteiger partial charge is 0.328 e. The van der Waals surface area contributed by atoms with Gasteiger partial charge in [-0.15, -0.1) is 0 Å². The van der Waals surface area contributed by atoms with Gasteiger partial charge >= 0.3 is 0 Å². The highest BCUT2D eigenvalue weighted by Gasteiger charge is 2.27. The van der Waals surface area contributed by atoms with Gasteiger partial charge in [-0.05, 0) is 31.4 Å². The van der Waals surface area contributed by atoms with E-state index in [0.717, 1.165) is 19.3 Å². The molecule has 1 aromatic heterocycles. The van der Waals surface area contributed by atoms with Crippen LogP contribution in [-0.4, -0.2) is 16.9 Å². The molecular formula is C11H14ClN3O. The van der Waals surface area contributed by atoms with Gasteiger partial charge in [-0.1, -0.05) is 11.6 Å². The van der Waals surface area contributed by atoms with Crippen molar-refractivity contribution in [3.05, 3.63) is 23.4 Å². The van der Waals surface area contributed by atoms with Crippen molar-refractivity contribution < 1.29 is 4.79 Å². The van der Waals surface area contributed by atoms with Gasteiger partial charge in [-0.2, -0.15) is 0 Å². The lowest BCUT2D eigenvalue weighted by molar-refractivity contribution is -0.119. The number of halogens is 1. The van der Waals surface area contributed by atoms with Gasteiger partial charge in [0.15, 0.2) is 0 Å². The lowest BCUT2D eigenvalue weighted by atomic mass is 10.1. The molecular weight excluding hydrogens is 226 g/mol. The van der Waals surface area contributed by atoms with Crippen molar-refractivity contribution in [1.29, 1.82) is 0 Å². The number of nitrogens with two attached hydrogens (primary N) is 1. The van der Waals surface area contributed by atoms with Crippen molar-refractivity contribution in [2.45, 2.75) is 25.3 Å². The first kappa shape index (κ1) is 11.4. The standard InChI is InChI=1S/C11H14ClN3O/c12-8-2-4-10(14-6-8)15-11(16)7-1-3-9(13)5-7/h2,4,6-7,9H,1,3,5,13H2,(H,14,15,16). The van der Waals surface area contributed by atoms with E-state index < -0.39 is 0 Å². The molecule has 16 heavy (non-hydrogen) atoms. The van der Waals surface area contributed by atoms with Gasteiger partial charge in [0.2, 0.25) is 5.91 Å². The number of nitrogens with zero attached hydrogens (tertiary/aromatic N) is 1. The molecule has 0 radical (unpaired) electrons. The van der Waals surface area contributed by atoms with E-state index in [1.54, 1.807) is 12.1 Å². The van der Waals surface area contributed by atoms with E-state index in [-0.39, 0.29) is 17.9 Å². The number of anilines is 1. The lowest BCUT2D eigenvalue weighted by Crippen LogP contribution is -2.23. The summed E-state index contributed by atoms with van der Waals surface area (Å²) in [6.07, 6.45) is 4.06. The second-order valence-electron chi connectivity index (χ2n) is 4.12. The fraction of sp³-hybridized carbons (Fsp3) is 0.455. The Morgan fingerprint density at radius 3 is 2.88 bits per heavy atom. The zero-order valence-corrected chi connectivity index (χ0v) is 9.57. The van der Waals surface area contributed by atoms with Crippen LogP contribution < -0.4 is 11.1 Å². The second-order valence-corrected chi connectivity index (χ2v) is 4.56. The number of aromatic nitrogens is 1. The van der Waals surface area contributed by atoms with Gasteiger partial charge in [-0.3, -0.25) is 4.79 Å². The molecule has 1 aromatic rings. The number of carbonyl (C=O) groups is 1. The normalized spacial score (nSPS) is 24.4. The van der Waals surface area contributed by atoms with Crippen LogP contribution in [0.5, 0.6) is 0 Å². The summed E-state index contributed by atoms with van der Waals surface area (Å²) in [4.78, 5) is 15.8. The number of carbonyl (C=O) groups excluding carboxylic acids is 1. The van der Waals surface area contributed by atoms with Crippen LogP contribution in [0, 0.1) is 5.92 Å². The number of pyridine rings is 1. The summed E-state index contributed by atoms with van der Waals surface area (Å²) >= 11 is 5.70. The molecule has 1 aliphatic rings. The van der Waals surface area contributed by atoms with Crippen molar-refractivity contribution in [1.82, 2.24) is 4.98 Å². The molecule has 0 saturated heterocycles. The molecule has 1 fully saturated rings. The molecule has 1 saturated carbocycles. The lowest BCUT2D eigenvalue weighted by Gasteiger charge is -2.09. The predicted octanol–water partition coefficient (Wildman–Crippen LogP) is 1.80. The van der Waals surface area contributed by atoms with Crippen molar-refractivity contribution in [3.8, 4) is 0 Å². The molecule has 1 aliphatic carbocycles. The smallest absolute Gasteiger partial charge is 0.228 e. The van der Waals surface area contributed by atoms with Gasteiger partial charge in [0, 0.05) is 18.2 Å². The molecule has 1 heterocycles. The average molecular weight is 240 g/mol. The minimum atomic E-state index is 0.00257.